The number of thiophene rings is 1. The van der Waals surface area contributed by atoms with Gasteiger partial charge in [-0.3, -0.25) is 11.3 Å². The molecule has 18 heavy (non-hydrogen) atoms. The molecule has 0 saturated heterocycles. The van der Waals surface area contributed by atoms with Crippen molar-refractivity contribution in [1.29, 1.82) is 0 Å². The minimum Gasteiger partial charge on any atom is -0.271 e. The van der Waals surface area contributed by atoms with E-state index in [1.807, 2.05) is 32.0 Å². The molecule has 3 N–H and O–H groups in total. The van der Waals surface area contributed by atoms with E-state index < -0.39 is 0 Å². The lowest BCUT2D eigenvalue weighted by molar-refractivity contribution is 0.547. The fourth-order valence-electron chi connectivity index (χ4n) is 1.84. The van der Waals surface area contributed by atoms with Crippen LogP contribution in [0.1, 0.15) is 27.9 Å². The molecule has 96 valence electrons. The van der Waals surface area contributed by atoms with E-state index in [1.165, 1.54) is 4.88 Å². The van der Waals surface area contributed by atoms with Crippen LogP contribution in [0.25, 0.3) is 0 Å². The Morgan fingerprint density at radius 3 is 2.78 bits per heavy atom. The first-order valence-electron chi connectivity index (χ1n) is 5.61. The summed E-state index contributed by atoms with van der Waals surface area (Å²) in [6.45, 7) is 3.86. The topological polar surface area (TPSA) is 63.8 Å². The van der Waals surface area contributed by atoms with E-state index in [1.54, 1.807) is 11.3 Å². The van der Waals surface area contributed by atoms with Crippen LogP contribution in [0.3, 0.4) is 0 Å². The average Bonchev–Trinajstić information content (AvgIpc) is 2.75. The first-order chi connectivity index (χ1) is 8.60. The number of nitrogens with two attached hydrogens (primary N) is 1. The molecule has 0 bridgehead atoms. The van der Waals surface area contributed by atoms with Gasteiger partial charge in [-0.1, -0.05) is 11.6 Å². The lowest BCUT2D eigenvalue weighted by Gasteiger charge is -2.17. The van der Waals surface area contributed by atoms with Crippen molar-refractivity contribution in [3.05, 3.63) is 44.4 Å². The lowest BCUT2D eigenvalue weighted by Crippen LogP contribution is -2.30. The molecule has 4 nitrogen and oxygen atoms in total. The Kier molecular flexibility index (Phi) is 4.29. The van der Waals surface area contributed by atoms with Gasteiger partial charge in [-0.15, -0.1) is 11.3 Å². The van der Waals surface area contributed by atoms with Crippen LogP contribution >= 0.6 is 22.9 Å². The SMILES string of the molecule is Cc1cc(C(Cc2ccc(Cl)s2)NN)c(C)nn1. The first kappa shape index (κ1) is 13.4. The van der Waals surface area contributed by atoms with Gasteiger partial charge >= 0.3 is 0 Å². The Labute approximate surface area is 115 Å². The Morgan fingerprint density at radius 2 is 2.17 bits per heavy atom. The summed E-state index contributed by atoms with van der Waals surface area (Å²) >= 11 is 7.50. The lowest BCUT2D eigenvalue weighted by atomic mass is 10.0. The van der Waals surface area contributed by atoms with Gasteiger partial charge in [-0.2, -0.15) is 10.2 Å². The maximum absolute atomic E-state index is 5.93. The minimum atomic E-state index is 0.0221. The normalized spacial score (nSPS) is 12.7. The van der Waals surface area contributed by atoms with Crippen molar-refractivity contribution in [2.75, 3.05) is 0 Å². The Bertz CT molecular complexity index is 541. The summed E-state index contributed by atoms with van der Waals surface area (Å²) in [5.41, 5.74) is 5.70. The number of aryl methyl sites for hydroxylation is 2. The number of aromatic nitrogens is 2. The second kappa shape index (κ2) is 5.75. The molecule has 0 fully saturated rings. The summed E-state index contributed by atoms with van der Waals surface area (Å²) < 4.78 is 0.793. The van der Waals surface area contributed by atoms with Crippen molar-refractivity contribution < 1.29 is 0 Å². The van der Waals surface area contributed by atoms with Gasteiger partial charge in [-0.25, -0.2) is 0 Å². The molecule has 0 aliphatic heterocycles. The smallest absolute Gasteiger partial charge is 0.0931 e. The second-order valence-electron chi connectivity index (χ2n) is 4.16. The number of halogens is 1. The monoisotopic (exact) mass is 282 g/mol. The van der Waals surface area contributed by atoms with Gasteiger partial charge in [0.1, 0.15) is 0 Å². The molecule has 0 aromatic carbocycles. The third kappa shape index (κ3) is 3.05. The standard InChI is InChI=1S/C12H15ClN4S/c1-7-5-10(8(2)17-16-7)11(15-14)6-9-3-4-12(13)18-9/h3-5,11,15H,6,14H2,1-2H3. The fraction of sp³-hybridized carbons (Fsp3) is 0.333. The number of hydrogen-bond donors (Lipinski definition) is 2. The first-order valence-corrected chi connectivity index (χ1v) is 6.80. The van der Waals surface area contributed by atoms with E-state index in [0.29, 0.717) is 0 Å². The van der Waals surface area contributed by atoms with Crippen LogP contribution in [0.5, 0.6) is 0 Å². The molecule has 2 heterocycles. The second-order valence-corrected chi connectivity index (χ2v) is 5.96. The van der Waals surface area contributed by atoms with Crippen molar-refractivity contribution in [3.63, 3.8) is 0 Å². The van der Waals surface area contributed by atoms with Crippen molar-refractivity contribution in [2.24, 2.45) is 5.84 Å². The number of hydrogen-bond acceptors (Lipinski definition) is 5. The Hall–Kier alpha value is -1.01. The van der Waals surface area contributed by atoms with Gasteiger partial charge < -0.3 is 0 Å². The van der Waals surface area contributed by atoms with Crippen LogP contribution < -0.4 is 11.3 Å². The summed E-state index contributed by atoms with van der Waals surface area (Å²) in [6.07, 6.45) is 0.792. The third-order valence-corrected chi connectivity index (χ3v) is 4.00. The highest BCUT2D eigenvalue weighted by molar-refractivity contribution is 7.16. The molecule has 0 aliphatic carbocycles. The van der Waals surface area contributed by atoms with Gasteiger partial charge in [0.25, 0.3) is 0 Å². The molecule has 6 heteroatoms. The van der Waals surface area contributed by atoms with Gasteiger partial charge in [-0.05, 0) is 37.6 Å². The van der Waals surface area contributed by atoms with E-state index in [4.69, 9.17) is 17.4 Å². The van der Waals surface area contributed by atoms with Crippen LogP contribution in [-0.2, 0) is 6.42 Å². The number of nitrogens with zero attached hydrogens (tertiary/aromatic N) is 2. The number of rotatable bonds is 4. The Morgan fingerprint density at radius 1 is 1.39 bits per heavy atom. The highest BCUT2D eigenvalue weighted by atomic mass is 35.5. The summed E-state index contributed by atoms with van der Waals surface area (Å²) in [7, 11) is 0. The van der Waals surface area contributed by atoms with Crippen LogP contribution in [0.2, 0.25) is 4.34 Å². The van der Waals surface area contributed by atoms with Gasteiger partial charge in [0.2, 0.25) is 0 Å². The summed E-state index contributed by atoms with van der Waals surface area (Å²) in [5.74, 6) is 5.65. The molecule has 1 atom stereocenters. The molecule has 2 rings (SSSR count). The van der Waals surface area contributed by atoms with Gasteiger partial charge in [0.05, 0.1) is 21.8 Å². The van der Waals surface area contributed by atoms with E-state index in [2.05, 4.69) is 15.6 Å². The zero-order valence-corrected chi connectivity index (χ0v) is 11.8. The molecule has 0 amide bonds. The molecule has 0 aliphatic rings. The van der Waals surface area contributed by atoms with E-state index in [9.17, 15) is 0 Å². The van der Waals surface area contributed by atoms with E-state index >= 15 is 0 Å². The molecule has 2 aromatic rings. The molecule has 0 spiro atoms. The van der Waals surface area contributed by atoms with Gasteiger partial charge in [0, 0.05) is 11.3 Å². The molecule has 2 aromatic heterocycles. The predicted octanol–water partition coefficient (Wildman–Crippen LogP) is 2.56. The molecule has 0 radical (unpaired) electrons. The quantitative estimate of drug-likeness (QED) is 0.668. The van der Waals surface area contributed by atoms with Gasteiger partial charge in [0.15, 0.2) is 0 Å². The number of hydrazine groups is 1. The highest BCUT2D eigenvalue weighted by Crippen LogP contribution is 2.27. The maximum atomic E-state index is 5.93. The minimum absolute atomic E-state index is 0.0221. The highest BCUT2D eigenvalue weighted by Gasteiger charge is 2.15. The third-order valence-electron chi connectivity index (χ3n) is 2.75. The average molecular weight is 283 g/mol. The summed E-state index contributed by atoms with van der Waals surface area (Å²) in [5, 5.41) is 8.16. The van der Waals surface area contributed by atoms with Crippen molar-refractivity contribution in [2.45, 2.75) is 26.3 Å². The van der Waals surface area contributed by atoms with Crippen LogP contribution in [-0.4, -0.2) is 10.2 Å². The zero-order chi connectivity index (χ0) is 13.1. The van der Waals surface area contributed by atoms with Crippen LogP contribution in [0.4, 0.5) is 0 Å². The maximum Gasteiger partial charge on any atom is 0.0931 e. The zero-order valence-electron chi connectivity index (χ0n) is 10.3. The van der Waals surface area contributed by atoms with Crippen molar-refractivity contribution >= 4 is 22.9 Å². The van der Waals surface area contributed by atoms with Crippen molar-refractivity contribution in [1.82, 2.24) is 15.6 Å². The fourth-order valence-corrected chi connectivity index (χ4v) is 2.98. The van der Waals surface area contributed by atoms with Crippen molar-refractivity contribution in [3.8, 4) is 0 Å². The molecular formula is C12H15ClN4S. The largest absolute Gasteiger partial charge is 0.271 e. The molecular weight excluding hydrogens is 268 g/mol. The predicted molar refractivity (Wildman–Crippen MR) is 74.6 cm³/mol. The molecule has 0 saturated carbocycles. The van der Waals surface area contributed by atoms with E-state index in [0.717, 1.165) is 27.7 Å². The Balaban J connectivity index is 2.25. The summed E-state index contributed by atoms with van der Waals surface area (Å²) in [6, 6.07) is 5.96. The van der Waals surface area contributed by atoms with Crippen LogP contribution in [0.15, 0.2) is 18.2 Å². The van der Waals surface area contributed by atoms with Crippen LogP contribution in [0, 0.1) is 13.8 Å². The summed E-state index contributed by atoms with van der Waals surface area (Å²) in [4.78, 5) is 1.19. The molecule has 1 unspecified atom stereocenters. The number of nitrogens with one attached hydrogen (secondary N) is 1. The van der Waals surface area contributed by atoms with E-state index in [-0.39, 0.29) is 6.04 Å².